The quantitative estimate of drug-likeness (QED) is 0.0261. The van der Waals surface area contributed by atoms with Gasteiger partial charge in [-0.2, -0.15) is 0 Å². The Morgan fingerprint density at radius 2 is 0.507 bits per heavy atom. The number of carbonyl (C=O) groups is 3. The van der Waals surface area contributed by atoms with Gasteiger partial charge in [0.25, 0.3) is 0 Å². The van der Waals surface area contributed by atoms with Crippen LogP contribution in [-0.4, -0.2) is 37.2 Å². The highest BCUT2D eigenvalue weighted by Gasteiger charge is 2.19. The van der Waals surface area contributed by atoms with Gasteiger partial charge in [-0.05, 0) is 44.9 Å². The minimum atomic E-state index is -0.773. The van der Waals surface area contributed by atoms with Gasteiger partial charge in [-0.1, -0.05) is 328 Å². The SMILES string of the molecule is CCCC/C=C\C/C=C\CCCCCCCC(=O)OC(COC(=O)CCCCCCCCCC)COC(=O)CCCCCCCCCCCCCCCCCCCCCCCCCCCCCCCCCCC. The Hall–Kier alpha value is -2.11. The maximum atomic E-state index is 12.8. The normalized spacial score (nSPS) is 12.1. The molecule has 6 heteroatoms. The molecule has 0 aliphatic heterocycles. The maximum absolute atomic E-state index is 12.8. The fourth-order valence-corrected chi connectivity index (χ4v) is 9.99. The van der Waals surface area contributed by atoms with Crippen molar-refractivity contribution in [1.82, 2.24) is 0 Å². The maximum Gasteiger partial charge on any atom is 0.306 e. The van der Waals surface area contributed by atoms with Gasteiger partial charge in [-0.3, -0.25) is 14.4 Å². The topological polar surface area (TPSA) is 78.9 Å². The van der Waals surface area contributed by atoms with E-state index in [1.165, 1.54) is 244 Å². The zero-order valence-corrected chi connectivity index (χ0v) is 49.4. The lowest BCUT2D eigenvalue weighted by Gasteiger charge is -2.18. The Bertz CT molecular complexity index is 1180. The summed E-state index contributed by atoms with van der Waals surface area (Å²) in [4.78, 5) is 38.0. The highest BCUT2D eigenvalue weighted by molar-refractivity contribution is 5.71. The lowest BCUT2D eigenvalue weighted by molar-refractivity contribution is -0.167. The highest BCUT2D eigenvalue weighted by Crippen LogP contribution is 2.18. The van der Waals surface area contributed by atoms with Crippen molar-refractivity contribution >= 4 is 17.9 Å². The summed E-state index contributed by atoms with van der Waals surface area (Å²) in [5, 5.41) is 0. The number of allylic oxidation sites excluding steroid dienone is 4. The molecule has 0 saturated carbocycles. The van der Waals surface area contributed by atoms with Crippen molar-refractivity contribution in [1.29, 1.82) is 0 Å². The smallest absolute Gasteiger partial charge is 0.306 e. The van der Waals surface area contributed by atoms with Gasteiger partial charge < -0.3 is 14.2 Å². The third-order valence-corrected chi connectivity index (χ3v) is 15.0. The van der Waals surface area contributed by atoms with Crippen molar-refractivity contribution in [3.8, 4) is 0 Å². The van der Waals surface area contributed by atoms with Crippen molar-refractivity contribution < 1.29 is 28.6 Å². The number of ether oxygens (including phenoxy) is 3. The number of rotatable bonds is 61. The molecule has 0 amide bonds. The van der Waals surface area contributed by atoms with Crippen molar-refractivity contribution in [2.24, 2.45) is 0 Å². The summed E-state index contributed by atoms with van der Waals surface area (Å²) in [6.45, 7) is 6.61. The summed E-state index contributed by atoms with van der Waals surface area (Å²) in [6, 6.07) is 0. The second kappa shape index (κ2) is 62.4. The second-order valence-corrected chi connectivity index (χ2v) is 22.4. The summed E-state index contributed by atoms with van der Waals surface area (Å²) in [6.07, 6.45) is 75.2. The highest BCUT2D eigenvalue weighted by atomic mass is 16.6. The molecule has 0 fully saturated rings. The van der Waals surface area contributed by atoms with Gasteiger partial charge in [-0.15, -0.1) is 0 Å². The summed E-state index contributed by atoms with van der Waals surface area (Å²) < 4.78 is 16.8. The first-order valence-electron chi connectivity index (χ1n) is 32.8. The van der Waals surface area contributed by atoms with Crippen LogP contribution in [-0.2, 0) is 28.6 Å². The molecule has 0 aromatic carbocycles. The standard InChI is InChI=1S/C67H126O6/c1-4-7-10-13-16-19-21-23-25-26-27-28-29-30-31-32-33-34-35-36-37-38-39-40-41-42-43-45-46-48-51-54-57-60-66(69)72-63-64(62-71-65(68)59-56-53-50-18-15-12-9-6-3)73-67(70)61-58-55-52-49-47-44-24-22-20-17-14-11-8-5-2/h14,17,22,24,64H,4-13,15-16,18-21,23,25-63H2,1-3H3/b17-14-,24-22-. The Kier molecular flexibility index (Phi) is 60.6. The molecule has 0 N–H and O–H groups in total. The van der Waals surface area contributed by atoms with Crippen LogP contribution in [0.4, 0.5) is 0 Å². The van der Waals surface area contributed by atoms with E-state index in [-0.39, 0.29) is 31.1 Å². The third kappa shape index (κ3) is 60.6. The van der Waals surface area contributed by atoms with Crippen LogP contribution in [0.1, 0.15) is 367 Å². The Morgan fingerprint density at radius 1 is 0.274 bits per heavy atom. The number of esters is 3. The molecule has 0 rings (SSSR count). The minimum Gasteiger partial charge on any atom is -0.462 e. The summed E-state index contributed by atoms with van der Waals surface area (Å²) in [5.74, 6) is -0.870. The zero-order valence-electron chi connectivity index (χ0n) is 49.4. The number of unbranched alkanes of at least 4 members (excludes halogenated alkanes) is 46. The molecule has 0 saturated heterocycles. The molecule has 0 radical (unpaired) electrons. The molecule has 0 aromatic heterocycles. The van der Waals surface area contributed by atoms with Crippen LogP contribution in [0.3, 0.4) is 0 Å². The minimum absolute atomic E-state index is 0.0721. The van der Waals surface area contributed by atoms with Gasteiger partial charge >= 0.3 is 17.9 Å². The molecule has 0 spiro atoms. The van der Waals surface area contributed by atoms with Gasteiger partial charge in [-0.25, -0.2) is 0 Å². The largest absolute Gasteiger partial charge is 0.462 e. The lowest BCUT2D eigenvalue weighted by Crippen LogP contribution is -2.30. The van der Waals surface area contributed by atoms with E-state index in [2.05, 4.69) is 45.1 Å². The van der Waals surface area contributed by atoms with Crippen molar-refractivity contribution in [3.63, 3.8) is 0 Å². The fraction of sp³-hybridized carbons (Fsp3) is 0.896. The van der Waals surface area contributed by atoms with E-state index in [0.29, 0.717) is 19.3 Å². The van der Waals surface area contributed by atoms with E-state index in [1.807, 2.05) is 0 Å². The molecule has 1 atom stereocenters. The van der Waals surface area contributed by atoms with E-state index >= 15 is 0 Å². The second-order valence-electron chi connectivity index (χ2n) is 22.4. The first kappa shape index (κ1) is 70.9. The lowest BCUT2D eigenvalue weighted by atomic mass is 10.0. The molecule has 1 unspecified atom stereocenters. The van der Waals surface area contributed by atoms with Gasteiger partial charge in [0.2, 0.25) is 0 Å². The molecular weight excluding hydrogens is 901 g/mol. The number of hydrogen-bond donors (Lipinski definition) is 0. The third-order valence-electron chi connectivity index (χ3n) is 15.0. The average Bonchev–Trinajstić information content (AvgIpc) is 3.39. The molecular formula is C67H126O6. The predicted octanol–water partition coefficient (Wildman–Crippen LogP) is 22.2. The van der Waals surface area contributed by atoms with E-state index < -0.39 is 6.10 Å². The average molecular weight is 1030 g/mol. The molecule has 0 aromatic rings. The molecule has 0 bridgehead atoms. The Morgan fingerprint density at radius 3 is 0.795 bits per heavy atom. The van der Waals surface area contributed by atoms with E-state index in [9.17, 15) is 14.4 Å². The van der Waals surface area contributed by atoms with E-state index in [4.69, 9.17) is 14.2 Å². The van der Waals surface area contributed by atoms with E-state index in [1.54, 1.807) is 0 Å². The summed E-state index contributed by atoms with van der Waals surface area (Å²) >= 11 is 0. The molecule has 0 aliphatic rings. The molecule has 6 nitrogen and oxygen atoms in total. The van der Waals surface area contributed by atoms with Crippen molar-refractivity contribution in [2.45, 2.75) is 374 Å². The fourth-order valence-electron chi connectivity index (χ4n) is 9.99. The van der Waals surface area contributed by atoms with Crippen LogP contribution in [0, 0.1) is 0 Å². The monoisotopic (exact) mass is 1030 g/mol. The molecule has 0 heterocycles. The Balaban J connectivity index is 3.94. The number of carbonyl (C=O) groups excluding carboxylic acids is 3. The predicted molar refractivity (Wildman–Crippen MR) is 316 cm³/mol. The van der Waals surface area contributed by atoms with Crippen LogP contribution >= 0.6 is 0 Å². The first-order chi connectivity index (χ1) is 36.0. The van der Waals surface area contributed by atoms with Crippen LogP contribution < -0.4 is 0 Å². The van der Waals surface area contributed by atoms with Gasteiger partial charge in [0.05, 0.1) is 0 Å². The molecule has 73 heavy (non-hydrogen) atoms. The van der Waals surface area contributed by atoms with Crippen molar-refractivity contribution in [3.05, 3.63) is 24.3 Å². The number of hydrogen-bond acceptors (Lipinski definition) is 6. The summed E-state index contributed by atoms with van der Waals surface area (Å²) in [5.41, 5.74) is 0. The Labute approximate surface area is 455 Å². The van der Waals surface area contributed by atoms with Crippen LogP contribution in [0.5, 0.6) is 0 Å². The van der Waals surface area contributed by atoms with Crippen molar-refractivity contribution in [2.75, 3.05) is 13.2 Å². The zero-order chi connectivity index (χ0) is 52.9. The van der Waals surface area contributed by atoms with Gasteiger partial charge in [0, 0.05) is 19.3 Å². The van der Waals surface area contributed by atoms with E-state index in [0.717, 1.165) is 83.5 Å². The van der Waals surface area contributed by atoms with Gasteiger partial charge in [0.15, 0.2) is 6.10 Å². The van der Waals surface area contributed by atoms with Gasteiger partial charge in [0.1, 0.15) is 13.2 Å². The van der Waals surface area contributed by atoms with Crippen LogP contribution in [0.25, 0.3) is 0 Å². The molecule has 0 aliphatic carbocycles. The summed E-state index contributed by atoms with van der Waals surface area (Å²) in [7, 11) is 0. The molecule has 430 valence electrons. The van der Waals surface area contributed by atoms with Crippen LogP contribution in [0.2, 0.25) is 0 Å². The van der Waals surface area contributed by atoms with Crippen LogP contribution in [0.15, 0.2) is 24.3 Å². The first-order valence-corrected chi connectivity index (χ1v) is 32.8.